The Morgan fingerprint density at radius 1 is 1.43 bits per heavy atom. The van der Waals surface area contributed by atoms with Crippen LogP contribution in [0.3, 0.4) is 0 Å². The predicted molar refractivity (Wildman–Crippen MR) is 86.9 cm³/mol. The van der Waals surface area contributed by atoms with Crippen LogP contribution < -0.4 is 10.3 Å². The molecule has 0 aliphatic heterocycles. The maximum atomic E-state index is 12.3. The number of aryl methyl sites for hydroxylation is 1. The second-order valence-electron chi connectivity index (χ2n) is 4.92. The van der Waals surface area contributed by atoms with Crippen LogP contribution in [0.5, 0.6) is 5.75 Å². The van der Waals surface area contributed by atoms with Crippen LogP contribution in [0.2, 0.25) is 5.02 Å². The van der Waals surface area contributed by atoms with Gasteiger partial charge in [-0.15, -0.1) is 0 Å². The Labute approximate surface area is 136 Å². The van der Waals surface area contributed by atoms with Crippen molar-refractivity contribution in [3.05, 3.63) is 50.9 Å². The van der Waals surface area contributed by atoms with E-state index in [1.54, 1.807) is 18.2 Å². The Morgan fingerprint density at radius 2 is 2.22 bits per heavy atom. The van der Waals surface area contributed by atoms with E-state index >= 15 is 0 Å². The van der Waals surface area contributed by atoms with Gasteiger partial charge in [0.05, 0.1) is 23.5 Å². The molecule has 0 radical (unpaired) electrons. The number of nitrogens with zero attached hydrogens (tertiary/aromatic N) is 3. The maximum absolute atomic E-state index is 12.3. The fraction of sp³-hybridized carbons (Fsp3) is 0.188. The Morgan fingerprint density at radius 3 is 2.87 bits per heavy atom. The molecule has 23 heavy (non-hydrogen) atoms. The maximum Gasteiger partial charge on any atom is 0.274 e. The number of H-pyrrole nitrogens is 1. The monoisotopic (exact) mass is 328 g/mol. The van der Waals surface area contributed by atoms with Gasteiger partial charge in [0, 0.05) is 11.6 Å². The lowest BCUT2D eigenvalue weighted by molar-refractivity contribution is 0.415. The summed E-state index contributed by atoms with van der Waals surface area (Å²) in [5.41, 5.74) is 2.35. The van der Waals surface area contributed by atoms with Gasteiger partial charge < -0.3 is 9.72 Å². The molecule has 1 aromatic carbocycles. The van der Waals surface area contributed by atoms with E-state index in [1.807, 2.05) is 6.92 Å². The van der Waals surface area contributed by atoms with Crippen molar-refractivity contribution < 1.29 is 4.74 Å². The molecule has 116 valence electrons. The SMILES string of the molecule is CCc1nn2c(=O)cc(-c3ccc(Cl)c(OC)c3)[nH]c2c1C#N. The molecule has 2 aromatic heterocycles. The lowest BCUT2D eigenvalue weighted by Crippen LogP contribution is -2.14. The first-order valence-corrected chi connectivity index (χ1v) is 7.35. The Balaban J connectivity index is 2.28. The third-order valence-corrected chi connectivity index (χ3v) is 3.91. The first kappa shape index (κ1) is 15.1. The van der Waals surface area contributed by atoms with E-state index in [4.69, 9.17) is 16.3 Å². The summed E-state index contributed by atoms with van der Waals surface area (Å²) in [5, 5.41) is 14.0. The average molecular weight is 329 g/mol. The predicted octanol–water partition coefficient (Wildman–Crippen LogP) is 2.79. The van der Waals surface area contributed by atoms with E-state index in [0.717, 1.165) is 5.56 Å². The molecule has 0 unspecified atom stereocenters. The fourth-order valence-corrected chi connectivity index (χ4v) is 2.63. The van der Waals surface area contributed by atoms with Crippen molar-refractivity contribution in [1.29, 1.82) is 5.26 Å². The first-order valence-electron chi connectivity index (χ1n) is 6.98. The zero-order valence-electron chi connectivity index (χ0n) is 12.6. The van der Waals surface area contributed by atoms with E-state index in [0.29, 0.717) is 39.8 Å². The first-order chi connectivity index (χ1) is 11.1. The van der Waals surface area contributed by atoms with Gasteiger partial charge in [-0.05, 0) is 18.6 Å². The normalized spacial score (nSPS) is 10.7. The number of hydrogen-bond acceptors (Lipinski definition) is 4. The van der Waals surface area contributed by atoms with Gasteiger partial charge in [-0.3, -0.25) is 4.79 Å². The largest absolute Gasteiger partial charge is 0.495 e. The molecule has 7 heteroatoms. The molecule has 0 saturated carbocycles. The third-order valence-electron chi connectivity index (χ3n) is 3.60. The van der Waals surface area contributed by atoms with Crippen molar-refractivity contribution in [2.45, 2.75) is 13.3 Å². The van der Waals surface area contributed by atoms with Gasteiger partial charge in [0.1, 0.15) is 17.4 Å². The number of fused-ring (bicyclic) bond motifs is 1. The number of halogens is 1. The Bertz CT molecular complexity index is 998. The number of ether oxygens (including phenoxy) is 1. The number of benzene rings is 1. The molecular weight excluding hydrogens is 316 g/mol. The van der Waals surface area contributed by atoms with Crippen molar-refractivity contribution in [3.63, 3.8) is 0 Å². The number of nitrogens with one attached hydrogen (secondary N) is 1. The molecule has 0 atom stereocenters. The highest BCUT2D eigenvalue weighted by molar-refractivity contribution is 6.32. The summed E-state index contributed by atoms with van der Waals surface area (Å²) in [6.45, 7) is 1.89. The summed E-state index contributed by atoms with van der Waals surface area (Å²) in [7, 11) is 1.52. The highest BCUT2D eigenvalue weighted by Gasteiger charge is 2.15. The van der Waals surface area contributed by atoms with E-state index in [-0.39, 0.29) is 5.56 Å². The summed E-state index contributed by atoms with van der Waals surface area (Å²) in [6.07, 6.45) is 0.571. The zero-order valence-corrected chi connectivity index (χ0v) is 13.3. The molecule has 3 rings (SSSR count). The molecule has 0 aliphatic carbocycles. The van der Waals surface area contributed by atoms with Gasteiger partial charge in [-0.25, -0.2) is 0 Å². The standard InChI is InChI=1S/C16H13ClN4O2/c1-3-12-10(8-18)16-19-13(7-15(22)21(16)20-12)9-4-5-11(17)14(6-9)23-2/h4-7,19H,3H2,1-2H3. The van der Waals surface area contributed by atoms with E-state index < -0.39 is 0 Å². The molecule has 6 nitrogen and oxygen atoms in total. The van der Waals surface area contributed by atoms with Gasteiger partial charge in [-0.2, -0.15) is 14.9 Å². The van der Waals surface area contributed by atoms with Crippen LogP contribution in [0.15, 0.2) is 29.1 Å². The number of rotatable bonds is 3. The average Bonchev–Trinajstić information content (AvgIpc) is 2.93. The van der Waals surface area contributed by atoms with Crippen molar-refractivity contribution in [2.24, 2.45) is 0 Å². The minimum absolute atomic E-state index is 0.307. The number of hydrogen-bond donors (Lipinski definition) is 1. The number of methoxy groups -OCH3 is 1. The van der Waals surface area contributed by atoms with Crippen LogP contribution in [0.1, 0.15) is 18.2 Å². The Kier molecular flexibility index (Phi) is 3.80. The highest BCUT2D eigenvalue weighted by Crippen LogP contribution is 2.29. The molecular formula is C16H13ClN4O2. The Hall–Kier alpha value is -2.78. The van der Waals surface area contributed by atoms with E-state index in [1.165, 1.54) is 17.7 Å². The van der Waals surface area contributed by atoms with Crippen LogP contribution in [-0.4, -0.2) is 21.7 Å². The second kappa shape index (κ2) is 5.78. The minimum atomic E-state index is -0.307. The molecule has 0 aliphatic rings. The quantitative estimate of drug-likeness (QED) is 0.801. The lowest BCUT2D eigenvalue weighted by atomic mass is 10.1. The van der Waals surface area contributed by atoms with Crippen LogP contribution in [0.4, 0.5) is 0 Å². The molecule has 3 aromatic rings. The van der Waals surface area contributed by atoms with Crippen LogP contribution in [0, 0.1) is 11.3 Å². The zero-order chi connectivity index (χ0) is 16.6. The number of aromatic amines is 1. The highest BCUT2D eigenvalue weighted by atomic mass is 35.5. The van der Waals surface area contributed by atoms with Crippen molar-refractivity contribution >= 4 is 17.2 Å². The topological polar surface area (TPSA) is 83.2 Å². The summed E-state index contributed by atoms with van der Waals surface area (Å²) in [5.74, 6) is 0.508. The third kappa shape index (κ3) is 2.45. The number of nitriles is 1. The van der Waals surface area contributed by atoms with Gasteiger partial charge in [0.2, 0.25) is 0 Å². The van der Waals surface area contributed by atoms with Crippen LogP contribution >= 0.6 is 11.6 Å². The smallest absolute Gasteiger partial charge is 0.274 e. The summed E-state index contributed by atoms with van der Waals surface area (Å²) < 4.78 is 6.41. The fourth-order valence-electron chi connectivity index (χ4n) is 2.43. The second-order valence-corrected chi connectivity index (χ2v) is 5.33. The molecule has 0 saturated heterocycles. The summed E-state index contributed by atoms with van der Waals surface area (Å²) in [6, 6.07) is 8.74. The molecule has 0 bridgehead atoms. The molecule has 1 N–H and O–H groups in total. The van der Waals surface area contributed by atoms with Crippen molar-refractivity contribution in [3.8, 4) is 23.1 Å². The van der Waals surface area contributed by atoms with Crippen molar-refractivity contribution in [1.82, 2.24) is 14.6 Å². The van der Waals surface area contributed by atoms with Gasteiger partial charge in [0.25, 0.3) is 5.56 Å². The molecule has 0 spiro atoms. The lowest BCUT2D eigenvalue weighted by Gasteiger charge is -2.07. The van der Waals surface area contributed by atoms with Gasteiger partial charge in [0.15, 0.2) is 5.65 Å². The van der Waals surface area contributed by atoms with E-state index in [9.17, 15) is 10.1 Å². The molecule has 0 fully saturated rings. The van der Waals surface area contributed by atoms with Crippen LogP contribution in [0.25, 0.3) is 16.9 Å². The van der Waals surface area contributed by atoms with Gasteiger partial charge >= 0.3 is 0 Å². The van der Waals surface area contributed by atoms with E-state index in [2.05, 4.69) is 16.2 Å². The molecule has 0 amide bonds. The number of aromatic nitrogens is 3. The van der Waals surface area contributed by atoms with Gasteiger partial charge in [-0.1, -0.05) is 24.6 Å². The van der Waals surface area contributed by atoms with Crippen LogP contribution in [-0.2, 0) is 6.42 Å². The minimum Gasteiger partial charge on any atom is -0.495 e. The summed E-state index contributed by atoms with van der Waals surface area (Å²) >= 11 is 6.03. The molecule has 2 heterocycles. The summed E-state index contributed by atoms with van der Waals surface area (Å²) in [4.78, 5) is 15.4. The van der Waals surface area contributed by atoms with Crippen molar-refractivity contribution in [2.75, 3.05) is 7.11 Å².